The second-order valence-corrected chi connectivity index (χ2v) is 23.7. The Labute approximate surface area is 435 Å². The van der Waals surface area contributed by atoms with Crippen LogP contribution in [0.15, 0.2) is 23.3 Å². The fourth-order valence-electron chi connectivity index (χ4n) is 13.6. The number of Topliss-reactive ketones (excluding diaryl/α,β-unsaturated/α-hetero) is 1. The molecule has 6 atom stereocenters. The molecule has 0 aromatic rings. The number of rotatable bonds is 40. The molecule has 9 nitrogen and oxygen atoms in total. The van der Waals surface area contributed by atoms with Gasteiger partial charge in [0.25, 0.3) is 0 Å². The van der Waals surface area contributed by atoms with Gasteiger partial charge in [-0.25, -0.2) is 0 Å². The number of fused-ring (bicyclic) bond motifs is 5. The zero-order chi connectivity index (χ0) is 51.5. The Bertz CT molecular complexity index is 1620. The van der Waals surface area contributed by atoms with Crippen LogP contribution in [0, 0.1) is 28.6 Å². The minimum Gasteiger partial charge on any atom is -0.450 e. The summed E-state index contributed by atoms with van der Waals surface area (Å²) in [6.45, 7) is 16.9. The molecule has 9 heteroatoms. The third kappa shape index (κ3) is 19.1. The summed E-state index contributed by atoms with van der Waals surface area (Å²) in [7, 11) is 4.17. The number of unbranched alkanes of at least 4 members (excludes halogenated alkanes) is 20. The predicted octanol–water partition coefficient (Wildman–Crippen LogP) is 15.3. The van der Waals surface area contributed by atoms with E-state index in [1.165, 1.54) is 114 Å². The monoisotopic (exact) mass is 993 g/mol. The first kappa shape index (κ1) is 61.2. The van der Waals surface area contributed by atoms with Crippen molar-refractivity contribution in [1.29, 1.82) is 0 Å². The lowest BCUT2D eigenvalue weighted by molar-refractivity contribution is -0.187. The first-order chi connectivity index (χ1) is 34.2. The summed E-state index contributed by atoms with van der Waals surface area (Å²) in [5.41, 5.74) is 0.891. The topological polar surface area (TPSA) is 102 Å². The van der Waals surface area contributed by atoms with Crippen molar-refractivity contribution in [3.63, 3.8) is 0 Å². The Morgan fingerprint density at radius 2 is 1.18 bits per heavy atom. The number of carbonyl (C=O) groups excluding carboxylic acids is 4. The summed E-state index contributed by atoms with van der Waals surface area (Å²) in [5, 5.41) is 0. The molecule has 0 saturated heterocycles. The van der Waals surface area contributed by atoms with Crippen LogP contribution in [0.25, 0.3) is 0 Å². The van der Waals surface area contributed by atoms with Crippen molar-refractivity contribution in [2.45, 2.75) is 272 Å². The van der Waals surface area contributed by atoms with Gasteiger partial charge in [0.1, 0.15) is 0 Å². The maximum atomic E-state index is 13.7. The van der Waals surface area contributed by atoms with E-state index >= 15 is 0 Å². The van der Waals surface area contributed by atoms with Crippen LogP contribution in [-0.2, 0) is 33.4 Å². The van der Waals surface area contributed by atoms with Crippen molar-refractivity contribution in [1.82, 2.24) is 9.80 Å². The molecule has 2 saturated carbocycles. The fraction of sp³-hybridized carbons (Fsp3) is 0.871. The highest BCUT2D eigenvalue weighted by Gasteiger charge is 2.67. The molecule has 0 bridgehead atoms. The van der Waals surface area contributed by atoms with Gasteiger partial charge in [-0.2, -0.15) is 0 Å². The molecule has 0 aliphatic heterocycles. The molecule has 6 unspecified atom stereocenters. The summed E-state index contributed by atoms with van der Waals surface area (Å²) < 4.78 is 19.2. The summed E-state index contributed by atoms with van der Waals surface area (Å²) in [6, 6.07) is 0. The van der Waals surface area contributed by atoms with Crippen LogP contribution in [0.2, 0.25) is 0 Å². The minimum absolute atomic E-state index is 0.0185. The van der Waals surface area contributed by atoms with Gasteiger partial charge in [0.2, 0.25) is 5.91 Å². The molecule has 4 aliphatic carbocycles. The van der Waals surface area contributed by atoms with E-state index < -0.39 is 11.0 Å². The predicted molar refractivity (Wildman–Crippen MR) is 292 cm³/mol. The van der Waals surface area contributed by atoms with E-state index in [-0.39, 0.29) is 41.1 Å². The summed E-state index contributed by atoms with van der Waals surface area (Å²) in [6.07, 6.45) is 40.0. The third-order valence-corrected chi connectivity index (χ3v) is 17.9. The molecule has 4 rings (SSSR count). The summed E-state index contributed by atoms with van der Waals surface area (Å²) in [4.78, 5) is 57.8. The van der Waals surface area contributed by atoms with Gasteiger partial charge in [0, 0.05) is 51.0 Å². The van der Waals surface area contributed by atoms with Crippen LogP contribution < -0.4 is 0 Å². The van der Waals surface area contributed by atoms with Crippen LogP contribution in [0.1, 0.15) is 260 Å². The Morgan fingerprint density at radius 1 is 0.648 bits per heavy atom. The molecule has 0 spiro atoms. The highest BCUT2D eigenvalue weighted by molar-refractivity contribution is 5.93. The number of hydrogen-bond acceptors (Lipinski definition) is 8. The number of esters is 1. The van der Waals surface area contributed by atoms with E-state index in [1.807, 2.05) is 6.08 Å². The Balaban J connectivity index is 1.19. The van der Waals surface area contributed by atoms with Gasteiger partial charge in [-0.05, 0) is 153 Å². The smallest absolute Gasteiger partial charge is 0.306 e. The molecule has 71 heavy (non-hydrogen) atoms. The van der Waals surface area contributed by atoms with Gasteiger partial charge in [-0.15, -0.1) is 0 Å². The zero-order valence-electron chi connectivity index (χ0n) is 47.3. The van der Waals surface area contributed by atoms with Gasteiger partial charge in [-0.1, -0.05) is 155 Å². The maximum absolute atomic E-state index is 13.7. The van der Waals surface area contributed by atoms with E-state index in [4.69, 9.17) is 14.2 Å². The second-order valence-electron chi connectivity index (χ2n) is 23.7. The van der Waals surface area contributed by atoms with E-state index in [1.54, 1.807) is 6.92 Å². The number of ether oxygens (including phenoxy) is 3. The van der Waals surface area contributed by atoms with Crippen molar-refractivity contribution in [3.05, 3.63) is 23.3 Å². The van der Waals surface area contributed by atoms with Gasteiger partial charge in [0.15, 0.2) is 23.5 Å². The van der Waals surface area contributed by atoms with E-state index in [9.17, 15) is 19.2 Å². The molecule has 4 aliphatic rings. The normalized spacial score (nSPS) is 24.9. The van der Waals surface area contributed by atoms with Crippen LogP contribution >= 0.6 is 0 Å². The average Bonchev–Trinajstić information content (AvgIpc) is 3.64. The first-order valence-corrected chi connectivity index (χ1v) is 30.0. The minimum atomic E-state index is -1.09. The molecule has 2 fully saturated rings. The number of carbonyl (C=O) groups is 4. The first-order valence-electron chi connectivity index (χ1n) is 30.0. The van der Waals surface area contributed by atoms with Crippen molar-refractivity contribution < 1.29 is 33.4 Å². The van der Waals surface area contributed by atoms with Gasteiger partial charge < -0.3 is 24.0 Å². The SMILES string of the molecule is CCCCCCCCCCCOC(CCCCC(=O)N(CCCCCCC(=O)OC1(C(C)=O)CCC2C3C=C(C)C4=CC(=O)CCC4(C)C3CCC21C)CCCN(C)C)OCCCCCCCCCCC. The van der Waals surface area contributed by atoms with Crippen LogP contribution in [-0.4, -0.2) is 92.1 Å². The molecule has 408 valence electrons. The molecule has 0 aromatic heterocycles. The van der Waals surface area contributed by atoms with Gasteiger partial charge in [0.05, 0.1) is 0 Å². The Morgan fingerprint density at radius 3 is 1.77 bits per heavy atom. The fourth-order valence-corrected chi connectivity index (χ4v) is 13.6. The second kappa shape index (κ2) is 32.8. The molecule has 0 radical (unpaired) electrons. The summed E-state index contributed by atoms with van der Waals surface area (Å²) in [5.74, 6) is 1.19. The van der Waals surface area contributed by atoms with Crippen molar-refractivity contribution in [2.75, 3.05) is 46.9 Å². The Hall–Kier alpha value is -2.36. The van der Waals surface area contributed by atoms with E-state index in [0.29, 0.717) is 43.9 Å². The lowest BCUT2D eigenvalue weighted by Crippen LogP contribution is -2.58. The molecule has 0 heterocycles. The molecular weight excluding hydrogens is 885 g/mol. The molecule has 1 amide bonds. The van der Waals surface area contributed by atoms with Crippen molar-refractivity contribution in [2.24, 2.45) is 28.6 Å². The average molecular weight is 994 g/mol. The highest BCUT2D eigenvalue weighted by Crippen LogP contribution is 2.68. The van der Waals surface area contributed by atoms with E-state index in [2.05, 4.69) is 64.6 Å². The number of hydrogen-bond donors (Lipinski definition) is 0. The lowest BCUT2D eigenvalue weighted by Gasteiger charge is -2.58. The van der Waals surface area contributed by atoms with Crippen molar-refractivity contribution >= 4 is 23.4 Å². The zero-order valence-corrected chi connectivity index (χ0v) is 47.3. The quantitative estimate of drug-likeness (QED) is 0.0340. The number of allylic oxidation sites excluding steroid dienone is 4. The van der Waals surface area contributed by atoms with Crippen LogP contribution in [0.5, 0.6) is 0 Å². The largest absolute Gasteiger partial charge is 0.450 e. The van der Waals surface area contributed by atoms with Gasteiger partial charge in [-0.3, -0.25) is 19.2 Å². The van der Waals surface area contributed by atoms with Crippen LogP contribution in [0.4, 0.5) is 0 Å². The number of nitrogens with zero attached hydrogens (tertiary/aromatic N) is 2. The van der Waals surface area contributed by atoms with Gasteiger partial charge >= 0.3 is 5.97 Å². The third-order valence-electron chi connectivity index (χ3n) is 17.9. The standard InChI is InChI=1S/C62H108N2O7/c1-9-11-13-15-17-19-21-25-31-46-69-59(70-47-32-26-22-20-18-16-14-12-10-2)36-29-28-34-57(67)64(45-33-43-63(7)8)44-30-24-23-27-35-58(68)71-62(51(4)65)42-39-55-53-48-50(3)56-49-52(66)37-40-60(56,5)54(53)38-41-61(55,62)6/h48-49,53-55,59H,9-47H2,1-8H3. The summed E-state index contributed by atoms with van der Waals surface area (Å²) >= 11 is 0. The Kier molecular flexibility index (Phi) is 28.3. The van der Waals surface area contributed by atoms with Crippen LogP contribution in [0.3, 0.4) is 0 Å². The molecular formula is C62H108N2O7. The number of amides is 1. The molecule has 0 aromatic carbocycles. The highest BCUT2D eigenvalue weighted by atomic mass is 16.7. The maximum Gasteiger partial charge on any atom is 0.306 e. The van der Waals surface area contributed by atoms with Crippen molar-refractivity contribution in [3.8, 4) is 0 Å². The van der Waals surface area contributed by atoms with E-state index in [0.717, 1.165) is 116 Å². The number of ketones is 2. The lowest BCUT2D eigenvalue weighted by atomic mass is 9.47. The molecule has 0 N–H and O–H groups in total.